The average Bonchev–Trinajstić information content (AvgIpc) is 2.92. The molecule has 3 aromatic rings. The molecule has 0 aliphatic heterocycles. The van der Waals surface area contributed by atoms with Crippen LogP contribution in [0.2, 0.25) is 0 Å². The van der Waals surface area contributed by atoms with Crippen molar-refractivity contribution in [1.29, 1.82) is 0 Å². The van der Waals surface area contributed by atoms with E-state index >= 15 is 0 Å². The number of amides is 1. The number of carbonyl (C=O) groups is 1. The number of pyridine rings is 1. The molecule has 1 unspecified atom stereocenters. The second-order valence-corrected chi connectivity index (χ2v) is 4.72. The van der Waals surface area contributed by atoms with E-state index in [-0.39, 0.29) is 11.9 Å². The Morgan fingerprint density at radius 3 is 2.75 bits per heavy atom. The summed E-state index contributed by atoms with van der Waals surface area (Å²) < 4.78 is 0. The Bertz CT molecular complexity index is 734. The molecule has 0 bridgehead atoms. The van der Waals surface area contributed by atoms with Gasteiger partial charge in [-0.05, 0) is 30.7 Å². The summed E-state index contributed by atoms with van der Waals surface area (Å²) in [7, 11) is 0. The predicted molar refractivity (Wildman–Crippen MR) is 78.4 cm³/mol. The van der Waals surface area contributed by atoms with Gasteiger partial charge in [-0.1, -0.05) is 18.2 Å². The Morgan fingerprint density at radius 2 is 1.95 bits per heavy atom. The summed E-state index contributed by atoms with van der Waals surface area (Å²) in [6.45, 7) is 1.96. The van der Waals surface area contributed by atoms with E-state index in [1.807, 2.05) is 43.3 Å². The molecular weight excluding hydrogens is 250 g/mol. The van der Waals surface area contributed by atoms with Crippen LogP contribution in [-0.4, -0.2) is 15.9 Å². The van der Waals surface area contributed by atoms with Crippen molar-refractivity contribution in [3.63, 3.8) is 0 Å². The van der Waals surface area contributed by atoms with E-state index in [0.29, 0.717) is 5.56 Å². The van der Waals surface area contributed by atoms with Gasteiger partial charge in [-0.2, -0.15) is 0 Å². The topological polar surface area (TPSA) is 57.8 Å². The number of nitrogens with one attached hydrogen (secondary N) is 2. The van der Waals surface area contributed by atoms with Crippen molar-refractivity contribution in [2.45, 2.75) is 13.0 Å². The van der Waals surface area contributed by atoms with Crippen LogP contribution in [0.15, 0.2) is 55.0 Å². The summed E-state index contributed by atoms with van der Waals surface area (Å²) in [5, 5.41) is 3.94. The maximum Gasteiger partial charge on any atom is 0.253 e. The van der Waals surface area contributed by atoms with Gasteiger partial charge >= 0.3 is 0 Å². The van der Waals surface area contributed by atoms with E-state index in [2.05, 4.69) is 15.3 Å². The average molecular weight is 265 g/mol. The number of aromatic amines is 1. The number of hydrogen-bond acceptors (Lipinski definition) is 2. The van der Waals surface area contributed by atoms with Gasteiger partial charge in [0.2, 0.25) is 0 Å². The van der Waals surface area contributed by atoms with Gasteiger partial charge in [0.05, 0.1) is 11.6 Å². The third kappa shape index (κ3) is 2.28. The summed E-state index contributed by atoms with van der Waals surface area (Å²) in [4.78, 5) is 19.4. The number of carbonyl (C=O) groups excluding carboxylic acids is 1. The van der Waals surface area contributed by atoms with Gasteiger partial charge in [0.25, 0.3) is 5.91 Å². The molecule has 2 heterocycles. The highest BCUT2D eigenvalue weighted by molar-refractivity contribution is 6.06. The SMILES string of the molecule is CC(NC(=O)c1c[nH]c2ccccc12)c1ccncc1. The van der Waals surface area contributed by atoms with Crippen LogP contribution in [0.4, 0.5) is 0 Å². The Morgan fingerprint density at radius 1 is 1.20 bits per heavy atom. The Kier molecular flexibility index (Phi) is 3.21. The molecule has 4 heteroatoms. The maximum absolute atomic E-state index is 12.4. The molecular formula is C16H15N3O. The minimum absolute atomic E-state index is 0.0563. The lowest BCUT2D eigenvalue weighted by Gasteiger charge is -2.13. The normalized spacial score (nSPS) is 12.2. The Hall–Kier alpha value is -2.62. The van der Waals surface area contributed by atoms with Crippen molar-refractivity contribution in [2.75, 3.05) is 0 Å². The lowest BCUT2D eigenvalue weighted by molar-refractivity contribution is 0.0941. The van der Waals surface area contributed by atoms with Crippen LogP contribution in [-0.2, 0) is 0 Å². The third-order valence-electron chi connectivity index (χ3n) is 3.39. The second kappa shape index (κ2) is 5.17. The molecule has 1 aromatic carbocycles. The zero-order valence-corrected chi connectivity index (χ0v) is 11.1. The van der Waals surface area contributed by atoms with Crippen LogP contribution in [0.25, 0.3) is 10.9 Å². The fraction of sp³-hybridized carbons (Fsp3) is 0.125. The van der Waals surface area contributed by atoms with Crippen LogP contribution in [0.3, 0.4) is 0 Å². The van der Waals surface area contributed by atoms with E-state index in [1.54, 1.807) is 18.6 Å². The summed E-state index contributed by atoms with van der Waals surface area (Å²) in [6.07, 6.45) is 5.20. The maximum atomic E-state index is 12.4. The molecule has 4 nitrogen and oxygen atoms in total. The summed E-state index contributed by atoms with van der Waals surface area (Å²) in [6, 6.07) is 11.5. The Balaban J connectivity index is 1.83. The fourth-order valence-electron chi connectivity index (χ4n) is 2.27. The molecule has 1 amide bonds. The van der Waals surface area contributed by atoms with Gasteiger partial charge in [0, 0.05) is 29.5 Å². The van der Waals surface area contributed by atoms with Crippen molar-refractivity contribution >= 4 is 16.8 Å². The van der Waals surface area contributed by atoms with Gasteiger partial charge in [0.1, 0.15) is 0 Å². The standard InChI is InChI=1S/C16H15N3O/c1-11(12-6-8-17-9-7-12)19-16(20)14-10-18-15-5-3-2-4-13(14)15/h2-11,18H,1H3,(H,19,20). The van der Waals surface area contributed by atoms with E-state index in [0.717, 1.165) is 16.5 Å². The van der Waals surface area contributed by atoms with E-state index in [4.69, 9.17) is 0 Å². The minimum Gasteiger partial charge on any atom is -0.360 e. The summed E-state index contributed by atoms with van der Waals surface area (Å²) >= 11 is 0. The third-order valence-corrected chi connectivity index (χ3v) is 3.39. The Labute approximate surface area is 116 Å². The zero-order valence-electron chi connectivity index (χ0n) is 11.1. The lowest BCUT2D eigenvalue weighted by atomic mass is 10.1. The quantitative estimate of drug-likeness (QED) is 0.764. The van der Waals surface area contributed by atoms with Crippen LogP contribution in [0.5, 0.6) is 0 Å². The van der Waals surface area contributed by atoms with Gasteiger partial charge in [-0.25, -0.2) is 0 Å². The smallest absolute Gasteiger partial charge is 0.253 e. The van der Waals surface area contributed by atoms with E-state index < -0.39 is 0 Å². The number of aromatic nitrogens is 2. The molecule has 1 atom stereocenters. The molecule has 20 heavy (non-hydrogen) atoms. The minimum atomic E-state index is -0.0771. The van der Waals surface area contributed by atoms with Crippen LogP contribution in [0, 0.1) is 0 Å². The van der Waals surface area contributed by atoms with Gasteiger partial charge in [-0.3, -0.25) is 9.78 Å². The number of hydrogen-bond donors (Lipinski definition) is 2. The molecule has 3 rings (SSSR count). The lowest BCUT2D eigenvalue weighted by Crippen LogP contribution is -2.26. The number of benzene rings is 1. The van der Waals surface area contributed by atoms with Gasteiger partial charge < -0.3 is 10.3 Å². The van der Waals surface area contributed by atoms with E-state index in [1.165, 1.54) is 0 Å². The molecule has 0 fully saturated rings. The summed E-state index contributed by atoms with van der Waals surface area (Å²) in [5.41, 5.74) is 2.67. The van der Waals surface area contributed by atoms with Crippen molar-refractivity contribution in [1.82, 2.24) is 15.3 Å². The van der Waals surface area contributed by atoms with Crippen molar-refractivity contribution < 1.29 is 4.79 Å². The van der Waals surface area contributed by atoms with Crippen LogP contribution in [0.1, 0.15) is 28.9 Å². The molecule has 0 saturated heterocycles. The second-order valence-electron chi connectivity index (χ2n) is 4.72. The monoisotopic (exact) mass is 265 g/mol. The molecule has 100 valence electrons. The predicted octanol–water partition coefficient (Wildman–Crippen LogP) is 3.05. The van der Waals surface area contributed by atoms with E-state index in [9.17, 15) is 4.79 Å². The first kappa shape index (κ1) is 12.4. The molecule has 0 saturated carbocycles. The first-order valence-corrected chi connectivity index (χ1v) is 6.52. The van der Waals surface area contributed by atoms with Crippen molar-refractivity contribution in [2.24, 2.45) is 0 Å². The highest BCUT2D eigenvalue weighted by Gasteiger charge is 2.14. The number of H-pyrrole nitrogens is 1. The molecule has 2 N–H and O–H groups in total. The molecule has 0 radical (unpaired) electrons. The molecule has 0 aliphatic rings. The largest absolute Gasteiger partial charge is 0.360 e. The number of nitrogens with zero attached hydrogens (tertiary/aromatic N) is 1. The van der Waals surface area contributed by atoms with Gasteiger partial charge in [0.15, 0.2) is 0 Å². The number of para-hydroxylation sites is 1. The van der Waals surface area contributed by atoms with Crippen LogP contribution >= 0.6 is 0 Å². The molecule has 2 aromatic heterocycles. The van der Waals surface area contributed by atoms with Crippen molar-refractivity contribution in [3.05, 3.63) is 66.1 Å². The molecule has 0 spiro atoms. The van der Waals surface area contributed by atoms with Crippen molar-refractivity contribution in [3.8, 4) is 0 Å². The van der Waals surface area contributed by atoms with Crippen LogP contribution < -0.4 is 5.32 Å². The van der Waals surface area contributed by atoms with Gasteiger partial charge in [-0.15, -0.1) is 0 Å². The number of rotatable bonds is 3. The fourth-order valence-corrected chi connectivity index (χ4v) is 2.27. The number of fused-ring (bicyclic) bond motifs is 1. The summed E-state index contributed by atoms with van der Waals surface area (Å²) in [5.74, 6) is -0.0771. The first-order chi connectivity index (χ1) is 9.75. The first-order valence-electron chi connectivity index (χ1n) is 6.52. The zero-order chi connectivity index (χ0) is 13.9. The highest BCUT2D eigenvalue weighted by atomic mass is 16.1. The highest BCUT2D eigenvalue weighted by Crippen LogP contribution is 2.19. The molecule has 0 aliphatic carbocycles.